The minimum Gasteiger partial charge on any atom is -0.480 e. The van der Waals surface area contributed by atoms with Gasteiger partial charge >= 0.3 is 5.97 Å². The Kier molecular flexibility index (Phi) is 4.26. The normalized spacial score (nSPS) is 14.5. The van der Waals surface area contributed by atoms with Crippen molar-refractivity contribution >= 4 is 23.5 Å². The molecule has 0 aliphatic carbocycles. The van der Waals surface area contributed by atoms with Gasteiger partial charge in [0.2, 0.25) is 5.91 Å². The summed E-state index contributed by atoms with van der Waals surface area (Å²) in [6.07, 6.45) is 0.608. The first kappa shape index (κ1) is 15.0. The molecule has 2 rings (SSSR count). The predicted octanol–water partition coefficient (Wildman–Crippen LogP) is 1.41. The maximum atomic E-state index is 12.1. The van der Waals surface area contributed by atoms with Crippen molar-refractivity contribution in [1.29, 1.82) is 0 Å². The highest BCUT2D eigenvalue weighted by Crippen LogP contribution is 2.23. The average molecular weight is 290 g/mol. The number of carboxylic acid groups (broad SMARTS) is 1. The summed E-state index contributed by atoms with van der Waals surface area (Å²) in [6.45, 7) is 3.80. The third-order valence-electron chi connectivity index (χ3n) is 3.30. The molecule has 112 valence electrons. The van der Waals surface area contributed by atoms with E-state index in [9.17, 15) is 14.4 Å². The number of hydrogen-bond acceptors (Lipinski definition) is 3. The molecular formula is C15H18N2O4. The van der Waals surface area contributed by atoms with E-state index in [0.717, 1.165) is 5.56 Å². The van der Waals surface area contributed by atoms with Crippen LogP contribution in [0.15, 0.2) is 18.2 Å². The van der Waals surface area contributed by atoms with Crippen LogP contribution < -0.4 is 10.6 Å². The SMILES string of the molecule is CC(C)C[C@H](NC(=O)c1ccc2c(c1)CC(=O)N2)C(=O)O. The van der Waals surface area contributed by atoms with E-state index in [2.05, 4.69) is 10.6 Å². The molecule has 1 heterocycles. The molecule has 1 aliphatic heterocycles. The molecule has 1 aliphatic rings. The Morgan fingerprint density at radius 1 is 1.38 bits per heavy atom. The van der Waals surface area contributed by atoms with E-state index in [1.807, 2.05) is 13.8 Å². The van der Waals surface area contributed by atoms with Crippen molar-refractivity contribution in [2.24, 2.45) is 5.92 Å². The minimum atomic E-state index is -1.05. The van der Waals surface area contributed by atoms with Gasteiger partial charge in [-0.3, -0.25) is 9.59 Å². The number of benzene rings is 1. The zero-order valence-corrected chi connectivity index (χ0v) is 12.0. The first-order chi connectivity index (χ1) is 9.86. The lowest BCUT2D eigenvalue weighted by molar-refractivity contribution is -0.139. The largest absolute Gasteiger partial charge is 0.480 e. The molecule has 3 N–H and O–H groups in total. The van der Waals surface area contributed by atoms with E-state index in [0.29, 0.717) is 17.7 Å². The third kappa shape index (κ3) is 3.59. The third-order valence-corrected chi connectivity index (χ3v) is 3.30. The van der Waals surface area contributed by atoms with Gasteiger partial charge in [0.15, 0.2) is 0 Å². The number of rotatable bonds is 5. The van der Waals surface area contributed by atoms with Gasteiger partial charge in [0.05, 0.1) is 6.42 Å². The van der Waals surface area contributed by atoms with Crippen molar-refractivity contribution in [1.82, 2.24) is 5.32 Å². The van der Waals surface area contributed by atoms with Gasteiger partial charge in [-0.05, 0) is 36.1 Å². The number of amides is 2. The van der Waals surface area contributed by atoms with Crippen molar-refractivity contribution in [2.45, 2.75) is 32.7 Å². The molecule has 2 amide bonds. The Labute approximate surface area is 122 Å². The van der Waals surface area contributed by atoms with Gasteiger partial charge < -0.3 is 15.7 Å². The van der Waals surface area contributed by atoms with Crippen LogP contribution in [0.5, 0.6) is 0 Å². The van der Waals surface area contributed by atoms with E-state index in [1.54, 1.807) is 18.2 Å². The zero-order valence-electron chi connectivity index (χ0n) is 12.0. The van der Waals surface area contributed by atoms with Crippen LogP contribution in [0.3, 0.4) is 0 Å². The lowest BCUT2D eigenvalue weighted by Gasteiger charge is -2.16. The maximum Gasteiger partial charge on any atom is 0.326 e. The van der Waals surface area contributed by atoms with Crippen LogP contribution in [-0.2, 0) is 16.0 Å². The van der Waals surface area contributed by atoms with Crippen molar-refractivity contribution in [3.63, 3.8) is 0 Å². The first-order valence-corrected chi connectivity index (χ1v) is 6.83. The second-order valence-electron chi connectivity index (χ2n) is 5.59. The Balaban J connectivity index is 2.11. The standard InChI is InChI=1S/C15H18N2O4/c1-8(2)5-12(15(20)21)17-14(19)9-3-4-11-10(6-9)7-13(18)16-11/h3-4,6,8,12H,5,7H2,1-2H3,(H,16,18)(H,17,19)(H,20,21)/t12-/m0/s1. The number of anilines is 1. The first-order valence-electron chi connectivity index (χ1n) is 6.83. The molecule has 6 heteroatoms. The molecule has 1 atom stereocenters. The second-order valence-corrected chi connectivity index (χ2v) is 5.59. The van der Waals surface area contributed by atoms with Crippen LogP contribution in [0.2, 0.25) is 0 Å². The van der Waals surface area contributed by atoms with E-state index in [-0.39, 0.29) is 18.2 Å². The lowest BCUT2D eigenvalue weighted by Crippen LogP contribution is -2.41. The monoisotopic (exact) mass is 290 g/mol. The molecule has 0 saturated carbocycles. The van der Waals surface area contributed by atoms with Crippen molar-refractivity contribution < 1.29 is 19.5 Å². The van der Waals surface area contributed by atoms with Crippen LogP contribution in [0.4, 0.5) is 5.69 Å². The van der Waals surface area contributed by atoms with Gasteiger partial charge in [0, 0.05) is 11.3 Å². The topological polar surface area (TPSA) is 95.5 Å². The predicted molar refractivity (Wildman–Crippen MR) is 77.1 cm³/mol. The summed E-state index contributed by atoms with van der Waals surface area (Å²) in [7, 11) is 0. The molecule has 0 radical (unpaired) electrons. The summed E-state index contributed by atoms with van der Waals surface area (Å²) < 4.78 is 0. The Morgan fingerprint density at radius 3 is 2.71 bits per heavy atom. The summed E-state index contributed by atoms with van der Waals surface area (Å²) in [5.74, 6) is -1.43. The Bertz CT molecular complexity index is 595. The average Bonchev–Trinajstić information content (AvgIpc) is 2.76. The molecule has 0 unspecified atom stereocenters. The van der Waals surface area contributed by atoms with Crippen molar-refractivity contribution in [3.8, 4) is 0 Å². The van der Waals surface area contributed by atoms with Crippen LogP contribution in [-0.4, -0.2) is 28.9 Å². The van der Waals surface area contributed by atoms with Gasteiger partial charge in [-0.25, -0.2) is 4.79 Å². The van der Waals surface area contributed by atoms with Gasteiger partial charge in [0.25, 0.3) is 5.91 Å². The number of nitrogens with one attached hydrogen (secondary N) is 2. The van der Waals surface area contributed by atoms with Gasteiger partial charge in [-0.15, -0.1) is 0 Å². The number of aliphatic carboxylic acids is 1. The molecule has 1 aromatic carbocycles. The molecule has 0 aromatic heterocycles. The van der Waals surface area contributed by atoms with Gasteiger partial charge in [-0.2, -0.15) is 0 Å². The Morgan fingerprint density at radius 2 is 2.10 bits per heavy atom. The van der Waals surface area contributed by atoms with Crippen LogP contribution in [0, 0.1) is 5.92 Å². The van der Waals surface area contributed by atoms with E-state index >= 15 is 0 Å². The molecular weight excluding hydrogens is 272 g/mol. The zero-order chi connectivity index (χ0) is 15.6. The van der Waals surface area contributed by atoms with Gasteiger partial charge in [0.1, 0.15) is 6.04 Å². The number of fused-ring (bicyclic) bond motifs is 1. The molecule has 21 heavy (non-hydrogen) atoms. The quantitative estimate of drug-likeness (QED) is 0.764. The summed E-state index contributed by atoms with van der Waals surface area (Å²) in [4.78, 5) is 34.6. The Hall–Kier alpha value is -2.37. The van der Waals surface area contributed by atoms with Crippen molar-refractivity contribution in [2.75, 3.05) is 5.32 Å². The highest BCUT2D eigenvalue weighted by atomic mass is 16.4. The second kappa shape index (κ2) is 5.95. The fourth-order valence-corrected chi connectivity index (χ4v) is 2.30. The van der Waals surface area contributed by atoms with Crippen LogP contribution in [0.25, 0.3) is 0 Å². The molecule has 0 fully saturated rings. The molecule has 1 aromatic rings. The summed E-state index contributed by atoms with van der Waals surface area (Å²) in [5, 5.41) is 14.3. The number of hydrogen-bond donors (Lipinski definition) is 3. The van der Waals surface area contributed by atoms with Gasteiger partial charge in [-0.1, -0.05) is 13.8 Å². The molecule has 0 saturated heterocycles. The molecule has 0 spiro atoms. The highest BCUT2D eigenvalue weighted by Gasteiger charge is 2.23. The maximum absolute atomic E-state index is 12.1. The fourth-order valence-electron chi connectivity index (χ4n) is 2.30. The summed E-state index contributed by atoms with van der Waals surface area (Å²) in [6, 6.07) is 3.95. The highest BCUT2D eigenvalue weighted by molar-refractivity contribution is 6.02. The van der Waals surface area contributed by atoms with E-state index < -0.39 is 17.9 Å². The molecule has 6 nitrogen and oxygen atoms in total. The number of carbonyl (C=O) groups excluding carboxylic acids is 2. The number of carbonyl (C=O) groups is 3. The van der Waals surface area contributed by atoms with Crippen LogP contribution in [0.1, 0.15) is 36.2 Å². The summed E-state index contributed by atoms with van der Waals surface area (Å²) in [5.41, 5.74) is 1.82. The fraction of sp³-hybridized carbons (Fsp3) is 0.400. The smallest absolute Gasteiger partial charge is 0.326 e. The lowest BCUT2D eigenvalue weighted by atomic mass is 10.0. The van der Waals surface area contributed by atoms with E-state index in [1.165, 1.54) is 0 Å². The minimum absolute atomic E-state index is 0.106. The molecule has 0 bridgehead atoms. The van der Waals surface area contributed by atoms with E-state index in [4.69, 9.17) is 5.11 Å². The van der Waals surface area contributed by atoms with Crippen LogP contribution >= 0.6 is 0 Å². The number of carboxylic acids is 1. The van der Waals surface area contributed by atoms with Crippen molar-refractivity contribution in [3.05, 3.63) is 29.3 Å². The summed E-state index contributed by atoms with van der Waals surface area (Å²) >= 11 is 0.